The minimum absolute atomic E-state index is 0.208. The number of aliphatic hydroxyl groups is 1. The van der Waals surface area contributed by atoms with Crippen LogP contribution in [-0.4, -0.2) is 34.9 Å². The predicted octanol–water partition coefficient (Wildman–Crippen LogP) is 1.95. The van der Waals surface area contributed by atoms with Gasteiger partial charge in [0.15, 0.2) is 0 Å². The number of benzene rings is 2. The van der Waals surface area contributed by atoms with Crippen molar-refractivity contribution in [3.8, 4) is 0 Å². The molecule has 2 atom stereocenters. The third-order valence-corrected chi connectivity index (χ3v) is 4.25. The fraction of sp³-hybridized carbons (Fsp3) is 0.263. The number of aliphatic hydroxyl groups excluding tert-OH is 1. The minimum atomic E-state index is -1.12. The molecule has 1 aliphatic rings. The molecule has 2 N–H and O–H groups in total. The smallest absolute Gasteiger partial charge is 0.247 e. The number of amides is 2. The van der Waals surface area contributed by atoms with Crippen molar-refractivity contribution in [1.29, 1.82) is 0 Å². The summed E-state index contributed by atoms with van der Waals surface area (Å²) in [6.07, 6.45) is -1.33. The van der Waals surface area contributed by atoms with E-state index in [4.69, 9.17) is 0 Å². The summed E-state index contributed by atoms with van der Waals surface area (Å²) >= 11 is 0. The molecule has 0 radical (unpaired) electrons. The van der Waals surface area contributed by atoms with Gasteiger partial charge in [0.05, 0.1) is 12.5 Å². The number of carbonyl (C=O) groups is 2. The lowest BCUT2D eigenvalue weighted by Crippen LogP contribution is -2.52. The van der Waals surface area contributed by atoms with Crippen LogP contribution >= 0.6 is 0 Å². The first-order chi connectivity index (χ1) is 12.1. The Morgan fingerprint density at radius 2 is 2.00 bits per heavy atom. The standard InChI is InChI=1S/C19H19FN2O3/c20-15-8-4-7-14(11-15)16(23)12-17(24)22-10-9-21-19(25)18(22)13-5-2-1-3-6-13/h1-8,11,16,18,23H,9-10,12H2,(H,21,25). The second-order valence-corrected chi connectivity index (χ2v) is 5.97. The van der Waals surface area contributed by atoms with Crippen LogP contribution in [0, 0.1) is 5.82 Å². The van der Waals surface area contributed by atoms with Crippen molar-refractivity contribution in [2.75, 3.05) is 13.1 Å². The molecule has 6 heteroatoms. The Hall–Kier alpha value is -2.73. The van der Waals surface area contributed by atoms with E-state index in [0.29, 0.717) is 24.2 Å². The fourth-order valence-electron chi connectivity index (χ4n) is 3.02. The van der Waals surface area contributed by atoms with Gasteiger partial charge in [-0.05, 0) is 23.3 Å². The zero-order valence-corrected chi connectivity index (χ0v) is 13.6. The summed E-state index contributed by atoms with van der Waals surface area (Å²) < 4.78 is 13.3. The molecule has 2 aromatic rings. The number of halogens is 1. The van der Waals surface area contributed by atoms with E-state index in [1.54, 1.807) is 18.2 Å². The summed E-state index contributed by atoms with van der Waals surface area (Å²) in [6, 6.07) is 13.8. The van der Waals surface area contributed by atoms with Gasteiger partial charge in [-0.3, -0.25) is 9.59 Å². The number of rotatable bonds is 4. The molecule has 0 aromatic heterocycles. The highest BCUT2D eigenvalue weighted by Crippen LogP contribution is 2.26. The first-order valence-electron chi connectivity index (χ1n) is 8.12. The molecule has 3 rings (SSSR count). The Kier molecular flexibility index (Phi) is 5.09. The Balaban J connectivity index is 1.78. The van der Waals surface area contributed by atoms with Gasteiger partial charge in [-0.1, -0.05) is 42.5 Å². The second-order valence-electron chi connectivity index (χ2n) is 5.97. The molecule has 0 spiro atoms. The number of nitrogens with one attached hydrogen (secondary N) is 1. The Bertz CT molecular complexity index is 766. The Labute approximate surface area is 145 Å². The van der Waals surface area contributed by atoms with E-state index in [1.165, 1.54) is 23.1 Å². The first-order valence-corrected chi connectivity index (χ1v) is 8.12. The monoisotopic (exact) mass is 342 g/mol. The maximum Gasteiger partial charge on any atom is 0.247 e. The van der Waals surface area contributed by atoms with Gasteiger partial charge in [-0.2, -0.15) is 0 Å². The average Bonchev–Trinajstić information content (AvgIpc) is 2.62. The van der Waals surface area contributed by atoms with Crippen LogP contribution in [0.1, 0.15) is 29.7 Å². The Morgan fingerprint density at radius 1 is 1.24 bits per heavy atom. The number of piperazine rings is 1. The quantitative estimate of drug-likeness (QED) is 0.892. The summed E-state index contributed by atoms with van der Waals surface area (Å²) in [7, 11) is 0. The van der Waals surface area contributed by atoms with Gasteiger partial charge < -0.3 is 15.3 Å². The van der Waals surface area contributed by atoms with Gasteiger partial charge in [-0.15, -0.1) is 0 Å². The maximum atomic E-state index is 13.3. The lowest BCUT2D eigenvalue weighted by atomic mass is 10.0. The molecule has 1 heterocycles. The SMILES string of the molecule is O=C1NCCN(C(=O)CC(O)c2cccc(F)c2)C1c1ccccc1. The number of carbonyl (C=O) groups excluding carboxylic acids is 2. The van der Waals surface area contributed by atoms with Crippen molar-refractivity contribution in [1.82, 2.24) is 10.2 Å². The van der Waals surface area contributed by atoms with Gasteiger partial charge in [0.25, 0.3) is 0 Å². The van der Waals surface area contributed by atoms with Gasteiger partial charge in [0.2, 0.25) is 11.8 Å². The maximum absolute atomic E-state index is 13.3. The van der Waals surface area contributed by atoms with E-state index in [1.807, 2.05) is 18.2 Å². The van der Waals surface area contributed by atoms with Crippen LogP contribution in [0.3, 0.4) is 0 Å². The van der Waals surface area contributed by atoms with Crippen molar-refractivity contribution in [2.24, 2.45) is 0 Å². The van der Waals surface area contributed by atoms with Crippen molar-refractivity contribution < 1.29 is 19.1 Å². The Morgan fingerprint density at radius 3 is 2.72 bits per heavy atom. The summed E-state index contributed by atoms with van der Waals surface area (Å²) in [5, 5.41) is 13.0. The number of nitrogens with zero attached hydrogens (tertiary/aromatic N) is 1. The molecule has 5 nitrogen and oxygen atoms in total. The predicted molar refractivity (Wildman–Crippen MR) is 89.9 cm³/mol. The molecule has 0 saturated carbocycles. The third kappa shape index (κ3) is 3.85. The fourth-order valence-corrected chi connectivity index (χ4v) is 3.02. The van der Waals surface area contributed by atoms with Crippen molar-refractivity contribution in [2.45, 2.75) is 18.6 Å². The minimum Gasteiger partial charge on any atom is -0.388 e. The topological polar surface area (TPSA) is 69.6 Å². The number of hydrogen-bond donors (Lipinski definition) is 2. The molecule has 2 aromatic carbocycles. The van der Waals surface area contributed by atoms with Crippen molar-refractivity contribution in [3.05, 3.63) is 71.5 Å². The molecule has 2 amide bonds. The van der Waals surface area contributed by atoms with Crippen LogP contribution in [0.25, 0.3) is 0 Å². The van der Waals surface area contributed by atoms with E-state index in [2.05, 4.69) is 5.32 Å². The van der Waals surface area contributed by atoms with Crippen LogP contribution in [0.4, 0.5) is 4.39 Å². The van der Waals surface area contributed by atoms with Crippen molar-refractivity contribution in [3.63, 3.8) is 0 Å². The molecule has 25 heavy (non-hydrogen) atoms. The van der Waals surface area contributed by atoms with Crippen LogP contribution in [-0.2, 0) is 9.59 Å². The molecule has 1 aliphatic heterocycles. The van der Waals surface area contributed by atoms with E-state index in [9.17, 15) is 19.1 Å². The molecule has 2 unspecified atom stereocenters. The lowest BCUT2D eigenvalue weighted by Gasteiger charge is -2.35. The summed E-state index contributed by atoms with van der Waals surface area (Å²) in [4.78, 5) is 26.5. The van der Waals surface area contributed by atoms with E-state index in [0.717, 1.165) is 0 Å². The molecular weight excluding hydrogens is 323 g/mol. The highest BCUT2D eigenvalue weighted by Gasteiger charge is 2.34. The normalized spacial score (nSPS) is 18.6. The van der Waals surface area contributed by atoms with Crippen LogP contribution < -0.4 is 5.32 Å². The summed E-state index contributed by atoms with van der Waals surface area (Å²) in [6.45, 7) is 0.726. The van der Waals surface area contributed by atoms with Gasteiger partial charge in [0, 0.05) is 13.1 Å². The lowest BCUT2D eigenvalue weighted by molar-refractivity contribution is -0.145. The zero-order valence-electron chi connectivity index (χ0n) is 13.6. The first kappa shape index (κ1) is 17.1. The summed E-state index contributed by atoms with van der Waals surface area (Å²) in [5.41, 5.74) is 1.05. The second kappa shape index (κ2) is 7.44. The van der Waals surface area contributed by atoms with Gasteiger partial charge in [0.1, 0.15) is 11.9 Å². The van der Waals surface area contributed by atoms with Gasteiger partial charge in [-0.25, -0.2) is 4.39 Å². The summed E-state index contributed by atoms with van der Waals surface area (Å²) in [5.74, 6) is -1.06. The molecule has 130 valence electrons. The van der Waals surface area contributed by atoms with E-state index >= 15 is 0 Å². The van der Waals surface area contributed by atoms with Gasteiger partial charge >= 0.3 is 0 Å². The molecule has 1 saturated heterocycles. The van der Waals surface area contributed by atoms with E-state index in [-0.39, 0.29) is 18.2 Å². The number of hydrogen-bond acceptors (Lipinski definition) is 3. The zero-order chi connectivity index (χ0) is 17.8. The average molecular weight is 342 g/mol. The molecule has 0 aliphatic carbocycles. The molecule has 0 bridgehead atoms. The third-order valence-electron chi connectivity index (χ3n) is 4.25. The van der Waals surface area contributed by atoms with Crippen LogP contribution in [0.2, 0.25) is 0 Å². The van der Waals surface area contributed by atoms with Crippen LogP contribution in [0.5, 0.6) is 0 Å². The largest absolute Gasteiger partial charge is 0.388 e. The highest BCUT2D eigenvalue weighted by atomic mass is 19.1. The van der Waals surface area contributed by atoms with E-state index < -0.39 is 18.0 Å². The molecule has 1 fully saturated rings. The molecular formula is C19H19FN2O3. The highest BCUT2D eigenvalue weighted by molar-refractivity contribution is 5.90. The van der Waals surface area contributed by atoms with Crippen molar-refractivity contribution >= 4 is 11.8 Å². The van der Waals surface area contributed by atoms with Crippen LogP contribution in [0.15, 0.2) is 54.6 Å².